The van der Waals surface area contributed by atoms with Gasteiger partial charge >= 0.3 is 0 Å². The molecule has 0 saturated heterocycles. The summed E-state index contributed by atoms with van der Waals surface area (Å²) < 4.78 is 5.82. The minimum Gasteiger partial charge on any atom is -0.437 e. The molecule has 178 valence electrons. The zero-order chi connectivity index (χ0) is 22.9. The second kappa shape index (κ2) is 16.3. The zero-order valence-electron chi connectivity index (χ0n) is 20.4. The van der Waals surface area contributed by atoms with E-state index in [9.17, 15) is 0 Å². The first-order valence-corrected chi connectivity index (χ1v) is 12.8. The molecule has 32 heavy (non-hydrogen) atoms. The lowest BCUT2D eigenvalue weighted by Gasteiger charge is -2.12. The van der Waals surface area contributed by atoms with Crippen molar-refractivity contribution in [3.8, 4) is 11.6 Å². The summed E-state index contributed by atoms with van der Waals surface area (Å²) >= 11 is 0. The van der Waals surface area contributed by atoms with Crippen LogP contribution in [0.2, 0.25) is 0 Å². The van der Waals surface area contributed by atoms with Gasteiger partial charge in [0.1, 0.15) is 17.8 Å². The predicted molar refractivity (Wildman–Crippen MR) is 136 cm³/mol. The van der Waals surface area contributed by atoms with Crippen molar-refractivity contribution < 1.29 is 4.74 Å². The molecular formula is C27H44N4O. The average molecular weight is 441 g/mol. The summed E-state index contributed by atoms with van der Waals surface area (Å²) in [7, 11) is 0. The van der Waals surface area contributed by atoms with E-state index in [1.807, 2.05) is 31.2 Å². The van der Waals surface area contributed by atoms with E-state index >= 15 is 0 Å². The highest BCUT2D eigenvalue weighted by molar-refractivity contribution is 5.66. The molecule has 2 rings (SSSR count). The van der Waals surface area contributed by atoms with Crippen molar-refractivity contribution in [1.82, 2.24) is 9.97 Å². The molecular weight excluding hydrogens is 396 g/mol. The molecule has 3 N–H and O–H groups in total. The molecule has 2 aromatic rings. The third kappa shape index (κ3) is 10.8. The number of aryl methyl sites for hydroxylation is 1. The Morgan fingerprint density at radius 2 is 1.28 bits per heavy atom. The molecule has 1 aromatic heterocycles. The Labute approximate surface area is 195 Å². The van der Waals surface area contributed by atoms with Crippen molar-refractivity contribution in [2.45, 2.75) is 104 Å². The molecule has 5 heteroatoms. The highest BCUT2D eigenvalue weighted by atomic mass is 16.5. The number of nitrogens with two attached hydrogens (primary N) is 1. The van der Waals surface area contributed by atoms with Crippen LogP contribution in [0.1, 0.15) is 102 Å². The monoisotopic (exact) mass is 440 g/mol. The Bertz CT molecular complexity index is 733. The molecule has 0 bridgehead atoms. The van der Waals surface area contributed by atoms with E-state index in [1.54, 1.807) is 0 Å². The molecule has 0 aliphatic rings. The van der Waals surface area contributed by atoms with Crippen LogP contribution in [0.4, 0.5) is 11.5 Å². The first-order chi connectivity index (χ1) is 15.7. The largest absolute Gasteiger partial charge is 0.437 e. The van der Waals surface area contributed by atoms with Crippen LogP contribution in [0, 0.1) is 6.92 Å². The van der Waals surface area contributed by atoms with Gasteiger partial charge in [-0.15, -0.1) is 0 Å². The molecule has 0 saturated carbocycles. The fourth-order valence-electron chi connectivity index (χ4n) is 3.85. The van der Waals surface area contributed by atoms with E-state index in [2.05, 4.69) is 22.2 Å². The van der Waals surface area contributed by atoms with Gasteiger partial charge in [-0.25, -0.2) is 4.98 Å². The SMILES string of the molecule is CCCCCCCCCCCCCCCCNc1ncnc(Oc2ccc(C)cc2)c1N. The van der Waals surface area contributed by atoms with Crippen molar-refractivity contribution in [3.63, 3.8) is 0 Å². The maximum Gasteiger partial charge on any atom is 0.248 e. The van der Waals surface area contributed by atoms with Crippen LogP contribution >= 0.6 is 0 Å². The van der Waals surface area contributed by atoms with Crippen LogP contribution in [0.25, 0.3) is 0 Å². The summed E-state index contributed by atoms with van der Waals surface area (Å²) in [6.45, 7) is 5.19. The standard InChI is InChI=1S/C27H44N4O/c1-3-4-5-6-7-8-9-10-11-12-13-14-15-16-21-29-26-25(28)27(31-22-30-26)32-24-19-17-23(2)18-20-24/h17-20,22H,3-16,21,28H2,1-2H3,(H,29,30,31). The molecule has 0 aliphatic carbocycles. The molecule has 1 aromatic carbocycles. The summed E-state index contributed by atoms with van der Waals surface area (Å²) in [5.74, 6) is 1.77. The van der Waals surface area contributed by atoms with Gasteiger partial charge < -0.3 is 15.8 Å². The van der Waals surface area contributed by atoms with Gasteiger partial charge in [0.25, 0.3) is 0 Å². The fraction of sp³-hybridized carbons (Fsp3) is 0.630. The van der Waals surface area contributed by atoms with Crippen LogP contribution in [-0.2, 0) is 0 Å². The van der Waals surface area contributed by atoms with E-state index in [1.165, 1.54) is 95.4 Å². The Morgan fingerprint density at radius 3 is 1.84 bits per heavy atom. The zero-order valence-corrected chi connectivity index (χ0v) is 20.4. The van der Waals surface area contributed by atoms with Crippen molar-refractivity contribution in [3.05, 3.63) is 36.2 Å². The second-order valence-corrected chi connectivity index (χ2v) is 8.88. The Kier molecular flexibility index (Phi) is 13.3. The third-order valence-electron chi connectivity index (χ3n) is 5.91. The van der Waals surface area contributed by atoms with Gasteiger partial charge in [-0.05, 0) is 25.5 Å². The lowest BCUT2D eigenvalue weighted by Crippen LogP contribution is -2.08. The minimum atomic E-state index is 0.396. The Morgan fingerprint density at radius 1 is 0.750 bits per heavy atom. The number of ether oxygens (including phenoxy) is 1. The van der Waals surface area contributed by atoms with E-state index < -0.39 is 0 Å². The van der Waals surface area contributed by atoms with Gasteiger partial charge in [0.05, 0.1) is 0 Å². The number of aromatic nitrogens is 2. The number of rotatable bonds is 18. The molecule has 5 nitrogen and oxygen atoms in total. The quantitative estimate of drug-likeness (QED) is 0.229. The van der Waals surface area contributed by atoms with Crippen molar-refractivity contribution >= 4 is 11.5 Å². The summed E-state index contributed by atoms with van der Waals surface area (Å²) in [5.41, 5.74) is 7.85. The van der Waals surface area contributed by atoms with Crippen LogP contribution in [0.5, 0.6) is 11.6 Å². The fourth-order valence-corrected chi connectivity index (χ4v) is 3.85. The minimum absolute atomic E-state index is 0.396. The van der Waals surface area contributed by atoms with E-state index in [0.29, 0.717) is 17.4 Å². The number of benzene rings is 1. The second-order valence-electron chi connectivity index (χ2n) is 8.88. The number of anilines is 2. The van der Waals surface area contributed by atoms with Crippen molar-refractivity contribution in [1.29, 1.82) is 0 Å². The molecule has 0 radical (unpaired) electrons. The molecule has 0 aliphatic heterocycles. The summed E-state index contributed by atoms with van der Waals surface area (Å²) in [6.07, 6.45) is 20.6. The molecule has 0 spiro atoms. The van der Waals surface area contributed by atoms with E-state index in [0.717, 1.165) is 18.7 Å². The van der Waals surface area contributed by atoms with Gasteiger partial charge in [-0.1, -0.05) is 108 Å². The maximum atomic E-state index is 6.21. The maximum absolute atomic E-state index is 6.21. The normalized spacial score (nSPS) is 10.9. The van der Waals surface area contributed by atoms with Gasteiger partial charge in [0.2, 0.25) is 5.88 Å². The Hall–Kier alpha value is -2.30. The van der Waals surface area contributed by atoms with Crippen LogP contribution < -0.4 is 15.8 Å². The molecule has 0 amide bonds. The summed E-state index contributed by atoms with van der Waals surface area (Å²) in [6, 6.07) is 7.83. The van der Waals surface area contributed by atoms with E-state index in [-0.39, 0.29) is 0 Å². The lowest BCUT2D eigenvalue weighted by atomic mass is 10.0. The number of hydrogen-bond acceptors (Lipinski definition) is 5. The lowest BCUT2D eigenvalue weighted by molar-refractivity contribution is 0.464. The van der Waals surface area contributed by atoms with Crippen LogP contribution in [0.3, 0.4) is 0 Å². The van der Waals surface area contributed by atoms with Crippen LogP contribution in [-0.4, -0.2) is 16.5 Å². The van der Waals surface area contributed by atoms with E-state index in [4.69, 9.17) is 10.5 Å². The first kappa shape index (κ1) is 26.0. The van der Waals surface area contributed by atoms with Crippen molar-refractivity contribution in [2.24, 2.45) is 0 Å². The number of hydrogen-bond donors (Lipinski definition) is 2. The number of nitrogens with zero attached hydrogens (tertiary/aromatic N) is 2. The third-order valence-corrected chi connectivity index (χ3v) is 5.91. The number of unbranched alkanes of at least 4 members (excludes halogenated alkanes) is 13. The average Bonchev–Trinajstić information content (AvgIpc) is 2.80. The van der Waals surface area contributed by atoms with Gasteiger partial charge in [0.15, 0.2) is 5.82 Å². The Balaban J connectivity index is 1.50. The molecule has 0 fully saturated rings. The van der Waals surface area contributed by atoms with Crippen LogP contribution in [0.15, 0.2) is 30.6 Å². The smallest absolute Gasteiger partial charge is 0.248 e. The topological polar surface area (TPSA) is 73.1 Å². The summed E-state index contributed by atoms with van der Waals surface area (Å²) in [5, 5.41) is 3.34. The number of nitrogens with one attached hydrogen (secondary N) is 1. The summed E-state index contributed by atoms with van der Waals surface area (Å²) in [4.78, 5) is 8.45. The van der Waals surface area contributed by atoms with Crippen molar-refractivity contribution in [2.75, 3.05) is 17.6 Å². The van der Waals surface area contributed by atoms with Gasteiger partial charge in [0, 0.05) is 6.54 Å². The van der Waals surface area contributed by atoms with Gasteiger partial charge in [-0.3, -0.25) is 0 Å². The highest BCUT2D eigenvalue weighted by Gasteiger charge is 2.10. The highest BCUT2D eigenvalue weighted by Crippen LogP contribution is 2.29. The number of nitrogen functional groups attached to an aromatic ring is 1. The molecule has 0 unspecified atom stereocenters. The van der Waals surface area contributed by atoms with Gasteiger partial charge in [-0.2, -0.15) is 4.98 Å². The predicted octanol–water partition coefficient (Wildman–Crippen LogP) is 8.05. The molecule has 1 heterocycles. The first-order valence-electron chi connectivity index (χ1n) is 12.8. The molecule has 0 atom stereocenters.